The van der Waals surface area contributed by atoms with Gasteiger partial charge in [0.25, 0.3) is 0 Å². The van der Waals surface area contributed by atoms with Crippen molar-refractivity contribution in [1.29, 1.82) is 0 Å². The summed E-state index contributed by atoms with van der Waals surface area (Å²) in [7, 11) is 0. The van der Waals surface area contributed by atoms with Crippen LogP contribution in [-0.4, -0.2) is 39.5 Å². The Bertz CT molecular complexity index is 1430. The van der Waals surface area contributed by atoms with Crippen molar-refractivity contribution in [3.05, 3.63) is 125 Å². The zero-order valence-electron chi connectivity index (χ0n) is 22.1. The Balaban J connectivity index is 1.42. The number of benzene rings is 3. The number of hydrogen-bond donors (Lipinski definition) is 0. The maximum atomic E-state index is 14.1. The summed E-state index contributed by atoms with van der Waals surface area (Å²) in [5.41, 5.74) is 5.43. The van der Waals surface area contributed by atoms with Gasteiger partial charge in [-0.3, -0.25) is 4.79 Å². The van der Waals surface area contributed by atoms with E-state index >= 15 is 0 Å². The number of aromatic nitrogens is 2. The predicted octanol–water partition coefficient (Wildman–Crippen LogP) is 5.59. The van der Waals surface area contributed by atoms with Crippen molar-refractivity contribution in [3.8, 4) is 5.88 Å². The number of carbonyl (C=O) groups is 2. The molecule has 7 heteroatoms. The molecule has 1 unspecified atom stereocenters. The molecule has 2 atom stereocenters. The molecule has 0 spiro atoms. The number of aryl methyl sites for hydroxylation is 1. The Kier molecular flexibility index (Phi) is 7.96. The van der Waals surface area contributed by atoms with Gasteiger partial charge in [-0.25, -0.2) is 19.7 Å². The molecule has 0 saturated carbocycles. The first-order valence-electron chi connectivity index (χ1n) is 13.1. The van der Waals surface area contributed by atoms with E-state index in [2.05, 4.69) is 9.97 Å². The minimum atomic E-state index is -0.634. The van der Waals surface area contributed by atoms with E-state index in [0.29, 0.717) is 31.0 Å². The van der Waals surface area contributed by atoms with Gasteiger partial charge < -0.3 is 9.47 Å². The van der Waals surface area contributed by atoms with Crippen molar-refractivity contribution < 1.29 is 19.1 Å². The van der Waals surface area contributed by atoms with Gasteiger partial charge in [-0.05, 0) is 37.0 Å². The molecule has 1 aliphatic rings. The number of hydrogen-bond acceptors (Lipinski definition) is 6. The van der Waals surface area contributed by atoms with Crippen LogP contribution in [0.15, 0.2) is 91.3 Å². The molecule has 0 N–H and O–H groups in total. The van der Waals surface area contributed by atoms with Crippen molar-refractivity contribution in [3.63, 3.8) is 0 Å². The summed E-state index contributed by atoms with van der Waals surface area (Å²) in [5.74, 6) is -0.460. The maximum absolute atomic E-state index is 14.1. The number of amides is 2. The molecule has 39 heavy (non-hydrogen) atoms. The van der Waals surface area contributed by atoms with Crippen molar-refractivity contribution in [2.24, 2.45) is 0 Å². The average molecular weight is 522 g/mol. The van der Waals surface area contributed by atoms with E-state index in [1.54, 1.807) is 0 Å². The van der Waals surface area contributed by atoms with Crippen LogP contribution in [0.5, 0.6) is 5.88 Å². The Labute approximate surface area is 228 Å². The molecule has 0 bridgehead atoms. The van der Waals surface area contributed by atoms with Gasteiger partial charge in [0.1, 0.15) is 19.5 Å². The second-order valence-corrected chi connectivity index (χ2v) is 9.82. The zero-order chi connectivity index (χ0) is 27.2. The standard InChI is InChI=1S/C32H31N3O4/c1-22-13-15-26(16-14-22)28(31(36)35-27(20-39-32(35)37)17-24-9-5-3-6-10-24)18-29-23(2)30(34-21-33-29)38-19-25-11-7-4-8-12-25/h3-16,21,27-28H,17-20H2,1-2H3/t27-,28?/m0/s1. The smallest absolute Gasteiger partial charge is 0.417 e. The number of nitrogens with zero attached hydrogens (tertiary/aromatic N) is 3. The van der Waals surface area contributed by atoms with E-state index < -0.39 is 12.0 Å². The van der Waals surface area contributed by atoms with Crippen molar-refractivity contribution >= 4 is 12.0 Å². The summed E-state index contributed by atoms with van der Waals surface area (Å²) in [5, 5.41) is 0. The molecule has 1 fully saturated rings. The lowest BCUT2D eigenvalue weighted by atomic mass is 9.90. The first-order valence-corrected chi connectivity index (χ1v) is 13.1. The predicted molar refractivity (Wildman–Crippen MR) is 147 cm³/mol. The highest BCUT2D eigenvalue weighted by atomic mass is 16.6. The third kappa shape index (κ3) is 6.14. The highest BCUT2D eigenvalue weighted by molar-refractivity contribution is 5.97. The lowest BCUT2D eigenvalue weighted by Crippen LogP contribution is -2.43. The molecule has 1 aromatic heterocycles. The van der Waals surface area contributed by atoms with Crippen LogP contribution >= 0.6 is 0 Å². The van der Waals surface area contributed by atoms with E-state index in [0.717, 1.165) is 27.8 Å². The number of carbonyl (C=O) groups excluding carboxylic acids is 2. The number of imide groups is 1. The highest BCUT2D eigenvalue weighted by Gasteiger charge is 2.41. The number of ether oxygens (including phenoxy) is 2. The fourth-order valence-electron chi connectivity index (χ4n) is 4.82. The SMILES string of the molecule is Cc1ccc(C(Cc2ncnc(OCc3ccccc3)c2C)C(=O)N2C(=O)OC[C@@H]2Cc2ccccc2)cc1. The molecular formula is C32H31N3O4. The normalized spacial score (nSPS) is 15.6. The second-order valence-electron chi connectivity index (χ2n) is 9.82. The molecule has 1 aliphatic heterocycles. The molecular weight excluding hydrogens is 490 g/mol. The minimum absolute atomic E-state index is 0.171. The molecule has 2 heterocycles. The second kappa shape index (κ2) is 11.9. The van der Waals surface area contributed by atoms with Crippen LogP contribution in [0.25, 0.3) is 0 Å². The first kappa shape index (κ1) is 26.1. The van der Waals surface area contributed by atoms with Gasteiger partial charge in [-0.2, -0.15) is 0 Å². The van der Waals surface area contributed by atoms with Gasteiger partial charge in [0.15, 0.2) is 0 Å². The van der Waals surface area contributed by atoms with E-state index in [4.69, 9.17) is 9.47 Å². The van der Waals surface area contributed by atoms with Gasteiger partial charge in [0.05, 0.1) is 17.7 Å². The summed E-state index contributed by atoms with van der Waals surface area (Å²) in [6.45, 7) is 4.44. The molecule has 0 radical (unpaired) electrons. The van der Waals surface area contributed by atoms with E-state index in [-0.39, 0.29) is 18.6 Å². The van der Waals surface area contributed by atoms with Gasteiger partial charge >= 0.3 is 6.09 Å². The maximum Gasteiger partial charge on any atom is 0.417 e. The van der Waals surface area contributed by atoms with Crippen LogP contribution in [0, 0.1) is 13.8 Å². The average Bonchev–Trinajstić information content (AvgIpc) is 3.32. The summed E-state index contributed by atoms with van der Waals surface area (Å²) >= 11 is 0. The number of rotatable bonds is 9. The summed E-state index contributed by atoms with van der Waals surface area (Å²) in [6, 6.07) is 27.1. The molecule has 2 amide bonds. The highest BCUT2D eigenvalue weighted by Crippen LogP contribution is 2.30. The van der Waals surface area contributed by atoms with E-state index in [9.17, 15) is 9.59 Å². The van der Waals surface area contributed by atoms with Crippen LogP contribution in [0.4, 0.5) is 4.79 Å². The monoisotopic (exact) mass is 521 g/mol. The van der Waals surface area contributed by atoms with E-state index in [1.165, 1.54) is 11.2 Å². The third-order valence-corrected chi connectivity index (χ3v) is 7.05. The lowest BCUT2D eigenvalue weighted by molar-refractivity contribution is -0.130. The molecule has 198 valence electrons. The Hall–Kier alpha value is -4.52. The summed E-state index contributed by atoms with van der Waals surface area (Å²) in [4.78, 5) is 37.1. The fourth-order valence-corrected chi connectivity index (χ4v) is 4.82. The largest absolute Gasteiger partial charge is 0.473 e. The van der Waals surface area contributed by atoms with Crippen molar-refractivity contribution in [1.82, 2.24) is 14.9 Å². The van der Waals surface area contributed by atoms with Crippen LogP contribution in [-0.2, 0) is 29.0 Å². The molecule has 4 aromatic rings. The number of cyclic esters (lactones) is 1. The van der Waals surface area contributed by atoms with Gasteiger partial charge in [0.2, 0.25) is 11.8 Å². The van der Waals surface area contributed by atoms with Gasteiger partial charge in [-0.1, -0.05) is 90.5 Å². The lowest BCUT2D eigenvalue weighted by Gasteiger charge is -2.26. The topological polar surface area (TPSA) is 81.6 Å². The van der Waals surface area contributed by atoms with Crippen LogP contribution in [0.1, 0.15) is 39.4 Å². The van der Waals surface area contributed by atoms with Crippen molar-refractivity contribution in [2.45, 2.75) is 45.3 Å². The van der Waals surface area contributed by atoms with Gasteiger partial charge in [0, 0.05) is 12.0 Å². The Morgan fingerprint density at radius 3 is 2.31 bits per heavy atom. The summed E-state index contributed by atoms with van der Waals surface area (Å²) < 4.78 is 11.4. The Morgan fingerprint density at radius 1 is 0.949 bits per heavy atom. The molecule has 1 saturated heterocycles. The first-order chi connectivity index (χ1) is 19.0. The van der Waals surface area contributed by atoms with Crippen LogP contribution in [0.2, 0.25) is 0 Å². The van der Waals surface area contributed by atoms with E-state index in [1.807, 2.05) is 98.8 Å². The molecule has 3 aromatic carbocycles. The van der Waals surface area contributed by atoms with Crippen LogP contribution in [0.3, 0.4) is 0 Å². The van der Waals surface area contributed by atoms with Gasteiger partial charge in [-0.15, -0.1) is 0 Å². The minimum Gasteiger partial charge on any atom is -0.473 e. The molecule has 5 rings (SSSR count). The molecule has 7 nitrogen and oxygen atoms in total. The zero-order valence-corrected chi connectivity index (χ0v) is 22.1. The third-order valence-electron chi connectivity index (χ3n) is 7.05. The Morgan fingerprint density at radius 2 is 1.62 bits per heavy atom. The fraction of sp³-hybridized carbons (Fsp3) is 0.250. The summed E-state index contributed by atoms with van der Waals surface area (Å²) in [6.07, 6.45) is 1.68. The van der Waals surface area contributed by atoms with Crippen LogP contribution < -0.4 is 4.74 Å². The molecule has 0 aliphatic carbocycles. The van der Waals surface area contributed by atoms with Crippen molar-refractivity contribution in [2.75, 3.05) is 6.61 Å². The quantitative estimate of drug-likeness (QED) is 0.286.